The molecule has 1 N–H and O–H groups in total. The molecule has 1 aliphatic heterocycles. The van der Waals surface area contributed by atoms with Gasteiger partial charge in [-0.15, -0.1) is 11.3 Å². The zero-order valence-electron chi connectivity index (χ0n) is 14.9. The third kappa shape index (κ3) is 5.46. The number of hydrogen-bond donors (Lipinski definition) is 1. The zero-order chi connectivity index (χ0) is 17.1. The number of amides is 1. The molecule has 1 aliphatic rings. The molecule has 2 atom stereocenters. The lowest BCUT2D eigenvalue weighted by Crippen LogP contribution is -2.50. The van der Waals surface area contributed by atoms with Crippen LogP contribution in [0.25, 0.3) is 0 Å². The highest BCUT2D eigenvalue weighted by Gasteiger charge is 2.35. The van der Waals surface area contributed by atoms with Crippen LogP contribution < -0.4 is 5.32 Å². The summed E-state index contributed by atoms with van der Waals surface area (Å²) < 4.78 is 5.51. The fraction of sp³-hybridized carbons (Fsp3) is 0.765. The van der Waals surface area contributed by atoms with E-state index in [0.717, 1.165) is 38.2 Å². The smallest absolute Gasteiger partial charge is 0.410 e. The minimum Gasteiger partial charge on any atom is -0.444 e. The predicted octanol–water partition coefficient (Wildman–Crippen LogP) is 3.83. The average Bonchev–Trinajstić information content (AvgIpc) is 2.97. The van der Waals surface area contributed by atoms with Crippen molar-refractivity contribution in [2.75, 3.05) is 19.6 Å². The number of carbonyl (C=O) groups excluding carboxylic acids is 1. The van der Waals surface area contributed by atoms with Crippen molar-refractivity contribution < 1.29 is 9.53 Å². The molecule has 2 rings (SSSR count). The Bertz CT molecular complexity index is 512. The lowest BCUT2D eigenvalue weighted by molar-refractivity contribution is 0.00651. The van der Waals surface area contributed by atoms with Crippen molar-refractivity contribution in [3.8, 4) is 0 Å². The Balaban J connectivity index is 1.89. The summed E-state index contributed by atoms with van der Waals surface area (Å²) in [5.41, 5.74) is 2.57. The normalized spacial score (nSPS) is 23.6. The van der Waals surface area contributed by atoms with Gasteiger partial charge in [0.25, 0.3) is 0 Å². The first-order valence-electron chi connectivity index (χ1n) is 8.28. The third-order valence-electron chi connectivity index (χ3n) is 4.16. The Morgan fingerprint density at radius 1 is 1.57 bits per heavy atom. The molecule has 0 spiro atoms. The van der Waals surface area contributed by atoms with E-state index in [0.29, 0.717) is 0 Å². The number of nitrogens with one attached hydrogen (secondary N) is 1. The SMILES string of the molecule is CC(NCC1(C)CCCN(C(=O)OC(C)(C)C)C1)c1cscn1. The standard InChI is InChI=1S/C17H29N3O2S/c1-13(14-9-23-12-19-14)18-10-17(5)7-6-8-20(11-17)15(21)22-16(2,3)4/h9,12-13,18H,6-8,10-11H2,1-5H3. The maximum Gasteiger partial charge on any atom is 0.410 e. The summed E-state index contributed by atoms with van der Waals surface area (Å²) in [6.07, 6.45) is 1.93. The molecule has 23 heavy (non-hydrogen) atoms. The summed E-state index contributed by atoms with van der Waals surface area (Å²) >= 11 is 1.62. The van der Waals surface area contributed by atoms with Crippen LogP contribution in [0.4, 0.5) is 4.79 Å². The van der Waals surface area contributed by atoms with Crippen LogP contribution in [0.15, 0.2) is 10.9 Å². The molecule has 1 amide bonds. The predicted molar refractivity (Wildman–Crippen MR) is 93.7 cm³/mol. The minimum atomic E-state index is -0.442. The number of hydrogen-bond acceptors (Lipinski definition) is 5. The molecule has 1 fully saturated rings. The van der Waals surface area contributed by atoms with E-state index in [9.17, 15) is 4.79 Å². The van der Waals surface area contributed by atoms with E-state index >= 15 is 0 Å². The van der Waals surface area contributed by atoms with Crippen LogP contribution >= 0.6 is 11.3 Å². The molecule has 0 saturated carbocycles. The van der Waals surface area contributed by atoms with E-state index in [4.69, 9.17) is 4.74 Å². The molecule has 1 aromatic heterocycles. The summed E-state index contributed by atoms with van der Waals surface area (Å²) in [5, 5.41) is 5.65. The molecule has 5 nitrogen and oxygen atoms in total. The van der Waals surface area contributed by atoms with Crippen molar-refractivity contribution in [3.63, 3.8) is 0 Å². The molecule has 1 aromatic rings. The Hall–Kier alpha value is -1.14. The second-order valence-electron chi connectivity index (χ2n) is 7.83. The monoisotopic (exact) mass is 339 g/mol. The minimum absolute atomic E-state index is 0.0689. The average molecular weight is 340 g/mol. The second kappa shape index (κ2) is 7.18. The van der Waals surface area contributed by atoms with Crippen molar-refractivity contribution in [1.29, 1.82) is 0 Å². The number of piperidine rings is 1. The van der Waals surface area contributed by atoms with Crippen LogP contribution in [0.3, 0.4) is 0 Å². The van der Waals surface area contributed by atoms with Gasteiger partial charge in [-0.1, -0.05) is 6.92 Å². The Morgan fingerprint density at radius 2 is 2.30 bits per heavy atom. The van der Waals surface area contributed by atoms with Crippen LogP contribution in [-0.2, 0) is 4.74 Å². The van der Waals surface area contributed by atoms with Crippen LogP contribution in [0, 0.1) is 5.41 Å². The molecular weight excluding hydrogens is 310 g/mol. The molecule has 6 heteroatoms. The summed E-state index contributed by atoms with van der Waals surface area (Å²) in [6, 6.07) is 0.231. The lowest BCUT2D eigenvalue weighted by Gasteiger charge is -2.41. The number of thiazole rings is 1. The molecule has 130 valence electrons. The van der Waals surface area contributed by atoms with Crippen molar-refractivity contribution in [1.82, 2.24) is 15.2 Å². The molecule has 0 aliphatic carbocycles. The van der Waals surface area contributed by atoms with E-state index in [1.807, 2.05) is 31.2 Å². The van der Waals surface area contributed by atoms with Crippen molar-refractivity contribution >= 4 is 17.4 Å². The van der Waals surface area contributed by atoms with Gasteiger partial charge < -0.3 is 15.0 Å². The van der Waals surface area contributed by atoms with Crippen LogP contribution in [0.5, 0.6) is 0 Å². The van der Waals surface area contributed by atoms with Gasteiger partial charge in [-0.05, 0) is 46.0 Å². The number of nitrogens with zero attached hydrogens (tertiary/aromatic N) is 2. The van der Waals surface area contributed by atoms with E-state index in [2.05, 4.69) is 29.5 Å². The first-order valence-corrected chi connectivity index (χ1v) is 9.22. The van der Waals surface area contributed by atoms with Crippen LogP contribution in [0.1, 0.15) is 59.2 Å². The summed E-state index contributed by atoms with van der Waals surface area (Å²) in [7, 11) is 0. The van der Waals surface area contributed by atoms with E-state index in [1.165, 1.54) is 0 Å². The molecule has 2 heterocycles. The topological polar surface area (TPSA) is 54.5 Å². The Labute approximate surface area is 143 Å². The summed E-state index contributed by atoms with van der Waals surface area (Å²) in [5.74, 6) is 0. The van der Waals surface area contributed by atoms with Crippen molar-refractivity contribution in [2.24, 2.45) is 5.41 Å². The van der Waals surface area contributed by atoms with E-state index in [1.54, 1.807) is 11.3 Å². The highest BCUT2D eigenvalue weighted by molar-refractivity contribution is 7.07. The summed E-state index contributed by atoms with van der Waals surface area (Å²) in [6.45, 7) is 12.5. The molecule has 1 saturated heterocycles. The number of aromatic nitrogens is 1. The van der Waals surface area contributed by atoms with Crippen LogP contribution in [0.2, 0.25) is 0 Å². The number of likely N-dealkylation sites (tertiary alicyclic amines) is 1. The zero-order valence-corrected chi connectivity index (χ0v) is 15.7. The van der Waals surface area contributed by atoms with Gasteiger partial charge in [-0.3, -0.25) is 0 Å². The molecule has 2 unspecified atom stereocenters. The summed E-state index contributed by atoms with van der Waals surface area (Å²) in [4.78, 5) is 18.5. The quantitative estimate of drug-likeness (QED) is 0.906. The first-order chi connectivity index (χ1) is 10.7. The lowest BCUT2D eigenvalue weighted by atomic mass is 9.81. The maximum atomic E-state index is 12.3. The van der Waals surface area contributed by atoms with Crippen LogP contribution in [-0.4, -0.2) is 41.2 Å². The largest absolute Gasteiger partial charge is 0.444 e. The van der Waals surface area contributed by atoms with Gasteiger partial charge in [-0.2, -0.15) is 0 Å². The highest BCUT2D eigenvalue weighted by Crippen LogP contribution is 2.30. The Kier molecular flexibility index (Phi) is 5.68. The van der Waals surface area contributed by atoms with Gasteiger partial charge in [0.05, 0.1) is 11.2 Å². The van der Waals surface area contributed by atoms with Gasteiger partial charge in [0.1, 0.15) is 5.60 Å². The van der Waals surface area contributed by atoms with Gasteiger partial charge in [-0.25, -0.2) is 9.78 Å². The molecule has 0 bridgehead atoms. The van der Waals surface area contributed by atoms with E-state index in [-0.39, 0.29) is 17.6 Å². The fourth-order valence-electron chi connectivity index (χ4n) is 2.88. The number of rotatable bonds is 4. The second-order valence-corrected chi connectivity index (χ2v) is 8.55. The van der Waals surface area contributed by atoms with Crippen molar-refractivity contribution in [2.45, 2.75) is 59.1 Å². The van der Waals surface area contributed by atoms with Gasteiger partial charge in [0, 0.05) is 31.1 Å². The number of carbonyl (C=O) groups is 1. The first kappa shape index (κ1) is 18.2. The van der Waals surface area contributed by atoms with Crippen molar-refractivity contribution in [3.05, 3.63) is 16.6 Å². The maximum absolute atomic E-state index is 12.3. The Morgan fingerprint density at radius 3 is 2.91 bits per heavy atom. The molecule has 0 radical (unpaired) electrons. The van der Waals surface area contributed by atoms with Gasteiger partial charge in [0.15, 0.2) is 0 Å². The highest BCUT2D eigenvalue weighted by atomic mass is 32.1. The van der Waals surface area contributed by atoms with E-state index < -0.39 is 5.60 Å². The van der Waals surface area contributed by atoms with Gasteiger partial charge in [0.2, 0.25) is 0 Å². The fourth-order valence-corrected chi connectivity index (χ4v) is 3.53. The number of ether oxygens (including phenoxy) is 1. The molecular formula is C17H29N3O2S. The molecule has 0 aromatic carbocycles. The third-order valence-corrected chi connectivity index (χ3v) is 4.77. The van der Waals surface area contributed by atoms with Gasteiger partial charge >= 0.3 is 6.09 Å².